The fraction of sp³-hybridized carbons (Fsp3) is 0.500. The Hall–Kier alpha value is -2.77. The van der Waals surface area contributed by atoms with Gasteiger partial charge >= 0.3 is 0 Å². The van der Waals surface area contributed by atoms with Crippen LogP contribution in [0, 0.1) is 12.7 Å². The molecular formula is C28H35FN4O2. The number of rotatable bonds is 4. The number of fused-ring (bicyclic) bond motifs is 1. The van der Waals surface area contributed by atoms with E-state index < -0.39 is 11.5 Å². The lowest BCUT2D eigenvalue weighted by molar-refractivity contribution is -0.146. The summed E-state index contributed by atoms with van der Waals surface area (Å²) in [6.07, 6.45) is 0. The van der Waals surface area contributed by atoms with Crippen LogP contribution in [0.15, 0.2) is 42.5 Å². The number of hydrogen-bond acceptors (Lipinski definition) is 4. The van der Waals surface area contributed by atoms with Crippen molar-refractivity contribution < 1.29 is 14.0 Å². The summed E-state index contributed by atoms with van der Waals surface area (Å²) in [4.78, 5) is 36.3. The minimum atomic E-state index is -0.609. The van der Waals surface area contributed by atoms with Crippen molar-refractivity contribution in [3.63, 3.8) is 0 Å². The third-order valence-corrected chi connectivity index (χ3v) is 7.82. The maximum atomic E-state index is 14.2. The molecule has 0 saturated carbocycles. The van der Waals surface area contributed by atoms with Gasteiger partial charge in [0.25, 0.3) is 5.91 Å². The molecule has 2 aromatic rings. The first-order valence-corrected chi connectivity index (χ1v) is 12.6. The van der Waals surface area contributed by atoms with Gasteiger partial charge in [-0.2, -0.15) is 0 Å². The lowest BCUT2D eigenvalue weighted by atomic mass is 9.67. The molecule has 186 valence electrons. The van der Waals surface area contributed by atoms with E-state index in [1.807, 2.05) is 60.9 Å². The fourth-order valence-electron chi connectivity index (χ4n) is 6.36. The zero-order chi connectivity index (χ0) is 24.9. The molecule has 5 rings (SSSR count). The minimum Gasteiger partial charge on any atom is -0.340 e. The molecule has 0 bridgehead atoms. The van der Waals surface area contributed by atoms with E-state index in [4.69, 9.17) is 0 Å². The average molecular weight is 479 g/mol. The minimum absolute atomic E-state index is 0.000669. The van der Waals surface area contributed by atoms with Gasteiger partial charge < -0.3 is 14.7 Å². The highest BCUT2D eigenvalue weighted by atomic mass is 19.1. The molecule has 2 fully saturated rings. The van der Waals surface area contributed by atoms with Crippen LogP contribution in [-0.2, 0) is 11.3 Å². The molecule has 1 unspecified atom stereocenters. The summed E-state index contributed by atoms with van der Waals surface area (Å²) in [6, 6.07) is 12.7. The molecule has 35 heavy (non-hydrogen) atoms. The Balaban J connectivity index is 1.51. The molecular weight excluding hydrogens is 443 g/mol. The van der Waals surface area contributed by atoms with Crippen molar-refractivity contribution in [3.05, 3.63) is 70.5 Å². The van der Waals surface area contributed by atoms with Crippen molar-refractivity contribution in [3.8, 4) is 0 Å². The van der Waals surface area contributed by atoms with Crippen molar-refractivity contribution >= 4 is 11.8 Å². The van der Waals surface area contributed by atoms with Crippen LogP contribution < -0.4 is 0 Å². The van der Waals surface area contributed by atoms with E-state index >= 15 is 0 Å². The molecule has 3 heterocycles. The van der Waals surface area contributed by atoms with E-state index in [0.29, 0.717) is 38.3 Å². The highest BCUT2D eigenvalue weighted by Crippen LogP contribution is 2.48. The number of carbonyl (C=O) groups excluding carboxylic acids is 2. The predicted molar refractivity (Wildman–Crippen MR) is 134 cm³/mol. The lowest BCUT2D eigenvalue weighted by Gasteiger charge is -2.62. The summed E-state index contributed by atoms with van der Waals surface area (Å²) in [5.41, 5.74) is 2.68. The zero-order valence-electron chi connectivity index (χ0n) is 21.1. The quantitative estimate of drug-likeness (QED) is 0.678. The van der Waals surface area contributed by atoms with Crippen LogP contribution in [0.25, 0.3) is 0 Å². The van der Waals surface area contributed by atoms with Gasteiger partial charge in [-0.05, 0) is 62.7 Å². The van der Waals surface area contributed by atoms with E-state index in [0.717, 1.165) is 29.8 Å². The first kappa shape index (κ1) is 23.9. The van der Waals surface area contributed by atoms with Gasteiger partial charge in [0.2, 0.25) is 5.91 Å². The van der Waals surface area contributed by atoms with Crippen molar-refractivity contribution in [2.24, 2.45) is 0 Å². The Morgan fingerprint density at radius 1 is 1.09 bits per heavy atom. The number of halogens is 1. The molecule has 6 nitrogen and oxygen atoms in total. The number of piperazine rings is 1. The molecule has 0 aliphatic carbocycles. The Morgan fingerprint density at radius 3 is 2.43 bits per heavy atom. The topological polar surface area (TPSA) is 47.1 Å². The van der Waals surface area contributed by atoms with Gasteiger partial charge in [0.1, 0.15) is 5.82 Å². The number of nitrogens with zero attached hydrogens (tertiary/aromatic N) is 4. The zero-order valence-corrected chi connectivity index (χ0v) is 21.1. The second-order valence-electron chi connectivity index (χ2n) is 10.8. The summed E-state index contributed by atoms with van der Waals surface area (Å²) < 4.78 is 14.0. The van der Waals surface area contributed by atoms with Crippen LogP contribution >= 0.6 is 0 Å². The first-order valence-electron chi connectivity index (χ1n) is 12.6. The van der Waals surface area contributed by atoms with Gasteiger partial charge in [0.05, 0.1) is 11.5 Å². The highest BCUT2D eigenvalue weighted by molar-refractivity contribution is 6.02. The highest BCUT2D eigenvalue weighted by Gasteiger charge is 2.61. The van der Waals surface area contributed by atoms with Gasteiger partial charge in [-0.15, -0.1) is 0 Å². The third kappa shape index (κ3) is 4.15. The van der Waals surface area contributed by atoms with Gasteiger partial charge in [-0.1, -0.05) is 24.3 Å². The number of amides is 2. The van der Waals surface area contributed by atoms with E-state index in [-0.39, 0.29) is 23.7 Å². The molecule has 1 spiro atoms. The molecule has 2 amide bonds. The standard InChI is InChI=1S/C28H35FN4O2/c1-19(2)33-26(34)24-8-6-5-7-23(24)25(27(35)32-11-9-30(4)10-12-32)28(33)17-31(18-28)16-21-13-20(3)14-22(29)15-21/h5-8,13-15,19,25H,9-12,16-18H2,1-4H3. The van der Waals surface area contributed by atoms with Crippen LogP contribution in [0.3, 0.4) is 0 Å². The Kier molecular flexibility index (Phi) is 6.18. The molecule has 0 aromatic heterocycles. The maximum absolute atomic E-state index is 14.2. The Morgan fingerprint density at radius 2 is 1.77 bits per heavy atom. The second kappa shape index (κ2) is 9.03. The van der Waals surface area contributed by atoms with Crippen LogP contribution in [0.5, 0.6) is 0 Å². The molecule has 0 radical (unpaired) electrons. The summed E-state index contributed by atoms with van der Waals surface area (Å²) in [6.45, 7) is 10.8. The van der Waals surface area contributed by atoms with Crippen molar-refractivity contribution in [2.45, 2.75) is 44.8 Å². The predicted octanol–water partition coefficient (Wildman–Crippen LogP) is 3.11. The fourth-order valence-corrected chi connectivity index (χ4v) is 6.36. The lowest BCUT2D eigenvalue weighted by Crippen LogP contribution is -2.77. The molecule has 7 heteroatoms. The summed E-state index contributed by atoms with van der Waals surface area (Å²) in [7, 11) is 2.08. The van der Waals surface area contributed by atoms with E-state index in [2.05, 4.69) is 16.8 Å². The number of aryl methyl sites for hydroxylation is 1. The van der Waals surface area contributed by atoms with Crippen LogP contribution in [0.2, 0.25) is 0 Å². The SMILES string of the molecule is Cc1cc(F)cc(CN2CC3(C2)C(C(=O)N2CCN(C)CC2)c2ccccc2C(=O)N3C(C)C)c1. The number of hydrogen-bond donors (Lipinski definition) is 0. The van der Waals surface area contributed by atoms with Crippen molar-refractivity contribution in [1.29, 1.82) is 0 Å². The maximum Gasteiger partial charge on any atom is 0.254 e. The molecule has 3 aliphatic heterocycles. The monoisotopic (exact) mass is 478 g/mol. The van der Waals surface area contributed by atoms with E-state index in [1.54, 1.807) is 6.07 Å². The normalized spacial score (nSPS) is 22.5. The van der Waals surface area contributed by atoms with Gasteiger partial charge in [0.15, 0.2) is 0 Å². The van der Waals surface area contributed by atoms with E-state index in [1.165, 1.54) is 6.07 Å². The largest absolute Gasteiger partial charge is 0.340 e. The number of likely N-dealkylation sites (N-methyl/N-ethyl adjacent to an activating group) is 1. The van der Waals surface area contributed by atoms with Gasteiger partial charge in [-0.25, -0.2) is 4.39 Å². The van der Waals surface area contributed by atoms with Gasteiger partial charge in [0, 0.05) is 57.4 Å². The average Bonchev–Trinajstić information content (AvgIpc) is 2.77. The molecule has 1 atom stereocenters. The molecule has 2 aromatic carbocycles. The van der Waals surface area contributed by atoms with E-state index in [9.17, 15) is 14.0 Å². The molecule has 2 saturated heterocycles. The number of carbonyl (C=O) groups is 2. The Labute approximate surface area is 207 Å². The molecule has 3 aliphatic rings. The van der Waals surface area contributed by atoms with Crippen LogP contribution in [0.4, 0.5) is 4.39 Å². The van der Waals surface area contributed by atoms with Crippen LogP contribution in [0.1, 0.15) is 46.8 Å². The molecule has 0 N–H and O–H groups in total. The number of benzene rings is 2. The first-order chi connectivity index (χ1) is 16.7. The number of likely N-dealkylation sites (tertiary alicyclic amines) is 1. The van der Waals surface area contributed by atoms with Crippen molar-refractivity contribution in [2.75, 3.05) is 46.3 Å². The summed E-state index contributed by atoms with van der Waals surface area (Å²) in [5, 5.41) is 0. The van der Waals surface area contributed by atoms with Crippen molar-refractivity contribution in [1.82, 2.24) is 19.6 Å². The smallest absolute Gasteiger partial charge is 0.254 e. The second-order valence-corrected chi connectivity index (χ2v) is 10.8. The van der Waals surface area contributed by atoms with Crippen LogP contribution in [-0.4, -0.2) is 89.3 Å². The summed E-state index contributed by atoms with van der Waals surface area (Å²) >= 11 is 0. The third-order valence-electron chi connectivity index (χ3n) is 7.82. The van der Waals surface area contributed by atoms with Gasteiger partial charge in [-0.3, -0.25) is 14.5 Å². The Bertz CT molecular complexity index is 1120. The summed E-state index contributed by atoms with van der Waals surface area (Å²) in [5.74, 6) is -0.527.